The van der Waals surface area contributed by atoms with Crippen molar-refractivity contribution in [3.8, 4) is 0 Å². The number of hydrogen-bond donors (Lipinski definition) is 11. The molecule has 0 amide bonds. The van der Waals surface area contributed by atoms with Gasteiger partial charge in [-0.25, -0.2) is 9.36 Å². The summed E-state index contributed by atoms with van der Waals surface area (Å²) in [5, 5.41) is 110. The quantitative estimate of drug-likeness (QED) is 0.00673. The SMILES string of the molecule is CCCCCCCCCCCCC/C=C/C=C/C(=O)OCC(COP(=O)(O)OC1C(OC2OC(CO)C(O)C(O)C2O)C(O)C(O)C(O)C1OC1OC(COC(=O)CCCCCCCCC(C)CCCCCCCC)C(O)C(O)C1O)OC(=O)CCCCCCCCCCCCC. The molecular formula is C72H131O24P. The van der Waals surface area contributed by atoms with Crippen LogP contribution in [0.5, 0.6) is 0 Å². The number of carbonyl (C=O) groups excluding carboxylic acids is 3. The number of carbonyl (C=O) groups is 3. The number of allylic oxidation sites excluding steroid dienone is 3. The van der Waals surface area contributed by atoms with E-state index in [1.807, 2.05) is 6.08 Å². The van der Waals surface area contributed by atoms with E-state index < -0.39 is 156 Å². The highest BCUT2D eigenvalue weighted by atomic mass is 31.2. The van der Waals surface area contributed by atoms with E-state index in [-0.39, 0.29) is 12.8 Å². The van der Waals surface area contributed by atoms with E-state index in [1.54, 1.807) is 6.08 Å². The molecule has 1 saturated carbocycles. The standard InChI is InChI=1S/C72H131O24P/c1-5-8-11-14-17-19-21-22-23-24-26-27-29-35-40-45-56(74)88-49-53(91-58(76)47-42-37-30-28-25-20-18-15-12-9-6-2)50-90-97(86,87)96-70-68(94-71-66(84)61(79)59(77)54(48-73)92-71)64(82)63(81)65(83)69(70)95-72-67(85)62(80)60(78)55(93-72)51-89-57(75)46-41-36-32-31-34-39-44-52(4)43-38-33-16-13-10-7-3/h29,35,40,45,52-55,59-73,77-85H,5-28,30-34,36-39,41-44,46-51H2,1-4H3,(H,86,87)/b35-29+,45-40+. The lowest BCUT2D eigenvalue weighted by atomic mass is 9.84. The summed E-state index contributed by atoms with van der Waals surface area (Å²) in [5.74, 6) is -1.55. The fraction of sp³-hybridized carbons (Fsp3) is 0.903. The van der Waals surface area contributed by atoms with Gasteiger partial charge in [0.05, 0.1) is 13.2 Å². The lowest BCUT2D eigenvalue weighted by molar-refractivity contribution is -0.360. The number of phosphoric acid groups is 1. The van der Waals surface area contributed by atoms with Gasteiger partial charge in [0.15, 0.2) is 18.7 Å². The Bertz CT molecular complexity index is 2120. The maximum atomic E-state index is 14.3. The Balaban J connectivity index is 1.75. The van der Waals surface area contributed by atoms with E-state index in [0.717, 1.165) is 96.0 Å². The molecule has 19 unspecified atom stereocenters. The first-order chi connectivity index (χ1) is 46.7. The zero-order valence-electron chi connectivity index (χ0n) is 59.3. The number of rotatable bonds is 57. The van der Waals surface area contributed by atoms with E-state index in [9.17, 15) is 74.9 Å². The fourth-order valence-electron chi connectivity index (χ4n) is 12.5. The van der Waals surface area contributed by atoms with Crippen molar-refractivity contribution in [1.82, 2.24) is 0 Å². The molecule has 2 aliphatic heterocycles. The lowest BCUT2D eigenvalue weighted by Gasteiger charge is -2.49. The van der Waals surface area contributed by atoms with E-state index in [0.29, 0.717) is 18.8 Å². The highest BCUT2D eigenvalue weighted by molar-refractivity contribution is 7.47. The van der Waals surface area contributed by atoms with Gasteiger partial charge in [0.2, 0.25) is 0 Å². The minimum atomic E-state index is -5.71. The Hall–Kier alpha value is -2.56. The molecule has 0 radical (unpaired) electrons. The van der Waals surface area contributed by atoms with E-state index in [4.69, 9.17) is 42.2 Å². The van der Waals surface area contributed by atoms with Gasteiger partial charge in [0.1, 0.15) is 98.7 Å². The van der Waals surface area contributed by atoms with E-state index in [2.05, 4.69) is 27.7 Å². The molecule has 3 aliphatic rings. The predicted octanol–water partition coefficient (Wildman–Crippen LogP) is 9.98. The second kappa shape index (κ2) is 53.3. The summed E-state index contributed by atoms with van der Waals surface area (Å²) >= 11 is 0. The minimum absolute atomic E-state index is 0.0261. The zero-order valence-corrected chi connectivity index (χ0v) is 60.2. The van der Waals surface area contributed by atoms with Crippen LogP contribution in [0, 0.1) is 5.92 Å². The largest absolute Gasteiger partial charge is 0.472 e. The minimum Gasteiger partial charge on any atom is -0.463 e. The second-order valence-corrected chi connectivity index (χ2v) is 28.8. The van der Waals surface area contributed by atoms with Crippen LogP contribution >= 0.6 is 7.82 Å². The predicted molar refractivity (Wildman–Crippen MR) is 365 cm³/mol. The fourth-order valence-corrected chi connectivity index (χ4v) is 13.5. The lowest BCUT2D eigenvalue weighted by Crippen LogP contribution is -2.69. The van der Waals surface area contributed by atoms with Crippen molar-refractivity contribution >= 4 is 25.7 Å². The topological polar surface area (TPSA) is 374 Å². The molecule has 3 fully saturated rings. The number of ether oxygens (including phenoxy) is 7. The van der Waals surface area contributed by atoms with Crippen molar-refractivity contribution in [3.63, 3.8) is 0 Å². The van der Waals surface area contributed by atoms with Crippen LogP contribution in [0.25, 0.3) is 0 Å². The molecule has 97 heavy (non-hydrogen) atoms. The zero-order chi connectivity index (χ0) is 71.2. The van der Waals surface area contributed by atoms with Crippen LogP contribution in [0.3, 0.4) is 0 Å². The molecule has 568 valence electrons. The summed E-state index contributed by atoms with van der Waals surface area (Å²) in [4.78, 5) is 50.8. The molecule has 19 atom stereocenters. The number of aliphatic hydroxyl groups excluding tert-OH is 10. The molecule has 25 heteroatoms. The molecule has 1 aliphatic carbocycles. The molecule has 24 nitrogen and oxygen atoms in total. The molecule has 0 aromatic rings. The van der Waals surface area contributed by atoms with Crippen LogP contribution in [0.15, 0.2) is 24.3 Å². The number of unbranched alkanes of at least 4 members (excludes halogenated alkanes) is 31. The van der Waals surface area contributed by atoms with Gasteiger partial charge in [0.25, 0.3) is 0 Å². The number of esters is 3. The van der Waals surface area contributed by atoms with Crippen LogP contribution in [0.2, 0.25) is 0 Å². The van der Waals surface area contributed by atoms with Crippen molar-refractivity contribution in [2.75, 3.05) is 26.4 Å². The first kappa shape index (κ1) is 88.7. The Kier molecular flexibility index (Phi) is 48.7. The van der Waals surface area contributed by atoms with Crippen LogP contribution in [-0.2, 0) is 61.2 Å². The van der Waals surface area contributed by atoms with Gasteiger partial charge in [-0.15, -0.1) is 0 Å². The molecule has 3 rings (SSSR count). The number of phosphoric ester groups is 1. The van der Waals surface area contributed by atoms with Crippen LogP contribution in [0.1, 0.15) is 278 Å². The van der Waals surface area contributed by atoms with E-state index >= 15 is 0 Å². The summed E-state index contributed by atoms with van der Waals surface area (Å²) in [5.41, 5.74) is 0. The molecule has 0 spiro atoms. The first-order valence-electron chi connectivity index (χ1n) is 37.6. The average molecular weight is 1410 g/mol. The molecule has 2 heterocycles. The van der Waals surface area contributed by atoms with Crippen LogP contribution < -0.4 is 0 Å². The van der Waals surface area contributed by atoms with Crippen molar-refractivity contribution in [3.05, 3.63) is 24.3 Å². The van der Waals surface area contributed by atoms with E-state index in [1.165, 1.54) is 141 Å². The molecule has 0 aromatic heterocycles. The second-order valence-electron chi connectivity index (χ2n) is 27.4. The summed E-state index contributed by atoms with van der Waals surface area (Å²) in [6.45, 7) is 5.63. The molecule has 11 N–H and O–H groups in total. The van der Waals surface area contributed by atoms with Gasteiger partial charge >= 0.3 is 25.7 Å². The number of aliphatic hydroxyl groups is 10. The Labute approximate surface area is 579 Å². The van der Waals surface area contributed by atoms with Gasteiger partial charge in [-0.1, -0.05) is 258 Å². The van der Waals surface area contributed by atoms with Crippen molar-refractivity contribution in [2.24, 2.45) is 5.92 Å². The Morgan fingerprint density at radius 1 is 0.454 bits per heavy atom. The third-order valence-electron chi connectivity index (χ3n) is 18.7. The normalized spacial score (nSPS) is 28.2. The van der Waals surface area contributed by atoms with Gasteiger partial charge in [-0.2, -0.15) is 0 Å². The number of hydrogen-bond acceptors (Lipinski definition) is 23. The van der Waals surface area contributed by atoms with Gasteiger partial charge in [0, 0.05) is 18.9 Å². The summed E-state index contributed by atoms with van der Waals surface area (Å²) in [7, 11) is -5.71. The third kappa shape index (κ3) is 36.9. The average Bonchev–Trinajstić information content (AvgIpc) is 0.770. The van der Waals surface area contributed by atoms with Crippen molar-refractivity contribution in [1.29, 1.82) is 0 Å². The summed E-state index contributed by atoms with van der Waals surface area (Å²) in [6.07, 6.45) is 11.9. The van der Waals surface area contributed by atoms with Crippen molar-refractivity contribution < 1.29 is 117 Å². The third-order valence-corrected chi connectivity index (χ3v) is 19.7. The summed E-state index contributed by atoms with van der Waals surface area (Å²) < 4.78 is 64.8. The smallest absolute Gasteiger partial charge is 0.463 e. The van der Waals surface area contributed by atoms with Gasteiger partial charge < -0.3 is 89.1 Å². The van der Waals surface area contributed by atoms with Crippen LogP contribution in [-0.4, -0.2) is 204 Å². The highest BCUT2D eigenvalue weighted by Gasteiger charge is 2.58. The molecule has 0 aromatic carbocycles. The molecular weight excluding hydrogens is 1280 g/mol. The van der Waals surface area contributed by atoms with Crippen molar-refractivity contribution in [2.45, 2.75) is 382 Å². The summed E-state index contributed by atoms with van der Waals surface area (Å²) in [6, 6.07) is 0. The van der Waals surface area contributed by atoms with Gasteiger partial charge in [-0.05, 0) is 31.6 Å². The molecule has 0 bridgehead atoms. The Morgan fingerprint density at radius 2 is 0.856 bits per heavy atom. The van der Waals surface area contributed by atoms with Crippen LogP contribution in [0.4, 0.5) is 0 Å². The Morgan fingerprint density at radius 3 is 1.32 bits per heavy atom. The molecule has 2 saturated heterocycles. The van der Waals surface area contributed by atoms with Gasteiger partial charge in [-0.3, -0.25) is 18.6 Å². The highest BCUT2D eigenvalue weighted by Crippen LogP contribution is 2.49. The monoisotopic (exact) mass is 1410 g/mol. The maximum Gasteiger partial charge on any atom is 0.472 e. The maximum absolute atomic E-state index is 14.3. The first-order valence-corrected chi connectivity index (χ1v) is 39.0.